The minimum Gasteiger partial charge on any atom is -0.356 e. The predicted molar refractivity (Wildman–Crippen MR) is 72.1 cm³/mol. The van der Waals surface area contributed by atoms with Crippen LogP contribution in [-0.4, -0.2) is 23.1 Å². The van der Waals surface area contributed by atoms with Gasteiger partial charge in [-0.05, 0) is 13.8 Å². The van der Waals surface area contributed by atoms with E-state index in [1.165, 1.54) is 0 Å². The molecule has 1 heterocycles. The van der Waals surface area contributed by atoms with E-state index < -0.39 is 0 Å². The zero-order valence-electron chi connectivity index (χ0n) is 11.4. The highest BCUT2D eigenvalue weighted by molar-refractivity contribution is 5.58. The second-order valence-corrected chi connectivity index (χ2v) is 4.26. The fraction of sp³-hybridized carbons (Fsp3) is 0.583. The summed E-state index contributed by atoms with van der Waals surface area (Å²) >= 11 is 0. The molecular formula is C12H20N6. The molecule has 0 bridgehead atoms. The SMILES string of the molecule is CCc1nc(NN)c(C)c(N(C)C(C)CC#N)n1. The van der Waals surface area contributed by atoms with Crippen molar-refractivity contribution in [1.29, 1.82) is 5.26 Å². The average Bonchev–Trinajstić information content (AvgIpc) is 2.38. The smallest absolute Gasteiger partial charge is 0.148 e. The first-order chi connectivity index (χ1) is 8.54. The summed E-state index contributed by atoms with van der Waals surface area (Å²) in [6, 6.07) is 2.27. The Balaban J connectivity index is 3.18. The van der Waals surface area contributed by atoms with Crippen molar-refractivity contribution in [3.63, 3.8) is 0 Å². The quantitative estimate of drug-likeness (QED) is 0.604. The molecule has 3 N–H and O–H groups in total. The summed E-state index contributed by atoms with van der Waals surface area (Å²) in [6.45, 7) is 5.90. The number of nitriles is 1. The standard InChI is InChI=1S/C12H20N6/c1-5-10-15-11(17-14)9(3)12(16-10)18(4)8(2)6-7-13/h8H,5-6,14H2,1-4H3,(H,15,16,17). The normalized spacial score (nSPS) is 11.8. The van der Waals surface area contributed by atoms with Gasteiger partial charge in [-0.15, -0.1) is 0 Å². The van der Waals surface area contributed by atoms with Gasteiger partial charge < -0.3 is 10.3 Å². The van der Waals surface area contributed by atoms with Gasteiger partial charge in [-0.25, -0.2) is 15.8 Å². The molecule has 1 atom stereocenters. The van der Waals surface area contributed by atoms with Crippen LogP contribution in [0.4, 0.5) is 11.6 Å². The molecule has 0 amide bonds. The third-order valence-corrected chi connectivity index (χ3v) is 3.00. The Morgan fingerprint density at radius 2 is 2.17 bits per heavy atom. The highest BCUT2D eigenvalue weighted by Gasteiger charge is 2.17. The van der Waals surface area contributed by atoms with Crippen LogP contribution in [0.1, 0.15) is 31.7 Å². The summed E-state index contributed by atoms with van der Waals surface area (Å²) in [6.07, 6.45) is 1.19. The van der Waals surface area contributed by atoms with Crippen molar-refractivity contribution in [3.05, 3.63) is 11.4 Å². The van der Waals surface area contributed by atoms with E-state index in [0.29, 0.717) is 12.2 Å². The predicted octanol–water partition coefficient (Wildman–Crippen LogP) is 1.37. The van der Waals surface area contributed by atoms with Gasteiger partial charge in [-0.3, -0.25) is 0 Å². The molecule has 0 radical (unpaired) electrons. The van der Waals surface area contributed by atoms with Gasteiger partial charge in [0.25, 0.3) is 0 Å². The Bertz CT molecular complexity index is 451. The van der Waals surface area contributed by atoms with Crippen molar-refractivity contribution in [1.82, 2.24) is 9.97 Å². The van der Waals surface area contributed by atoms with E-state index >= 15 is 0 Å². The van der Waals surface area contributed by atoms with E-state index in [4.69, 9.17) is 11.1 Å². The van der Waals surface area contributed by atoms with Crippen LogP contribution in [0.2, 0.25) is 0 Å². The Kier molecular flexibility index (Phi) is 4.86. The molecular weight excluding hydrogens is 228 g/mol. The van der Waals surface area contributed by atoms with Crippen LogP contribution in [0.3, 0.4) is 0 Å². The molecule has 1 aromatic rings. The Morgan fingerprint density at radius 1 is 1.50 bits per heavy atom. The first-order valence-electron chi connectivity index (χ1n) is 5.99. The van der Waals surface area contributed by atoms with Gasteiger partial charge in [0, 0.05) is 25.1 Å². The summed E-state index contributed by atoms with van der Waals surface area (Å²) in [5, 5.41) is 8.76. The molecule has 0 saturated carbocycles. The third kappa shape index (κ3) is 2.87. The molecule has 0 aromatic carbocycles. The van der Waals surface area contributed by atoms with Crippen molar-refractivity contribution in [3.8, 4) is 6.07 Å². The summed E-state index contributed by atoms with van der Waals surface area (Å²) in [7, 11) is 1.93. The van der Waals surface area contributed by atoms with Crippen LogP contribution < -0.4 is 16.2 Å². The number of nitrogens with zero attached hydrogens (tertiary/aromatic N) is 4. The second-order valence-electron chi connectivity index (χ2n) is 4.26. The maximum Gasteiger partial charge on any atom is 0.148 e. The molecule has 6 nitrogen and oxygen atoms in total. The van der Waals surface area contributed by atoms with Gasteiger partial charge in [-0.1, -0.05) is 6.92 Å². The number of rotatable bonds is 5. The molecule has 0 fully saturated rings. The second kappa shape index (κ2) is 6.17. The fourth-order valence-corrected chi connectivity index (χ4v) is 1.67. The zero-order valence-corrected chi connectivity index (χ0v) is 11.4. The van der Waals surface area contributed by atoms with Crippen molar-refractivity contribution in [2.75, 3.05) is 17.4 Å². The molecule has 0 spiro atoms. The lowest BCUT2D eigenvalue weighted by Gasteiger charge is -2.26. The van der Waals surface area contributed by atoms with Crippen molar-refractivity contribution >= 4 is 11.6 Å². The highest BCUT2D eigenvalue weighted by atomic mass is 15.3. The molecule has 6 heteroatoms. The fourth-order valence-electron chi connectivity index (χ4n) is 1.67. The lowest BCUT2D eigenvalue weighted by atomic mass is 10.2. The number of hydrogen-bond acceptors (Lipinski definition) is 6. The maximum atomic E-state index is 8.76. The van der Waals surface area contributed by atoms with Crippen LogP contribution in [0.5, 0.6) is 0 Å². The van der Waals surface area contributed by atoms with Gasteiger partial charge in [0.2, 0.25) is 0 Å². The number of aryl methyl sites for hydroxylation is 1. The topological polar surface area (TPSA) is 90.9 Å². The number of nitrogen functional groups attached to an aromatic ring is 1. The molecule has 1 aromatic heterocycles. The van der Waals surface area contributed by atoms with Gasteiger partial charge in [0.15, 0.2) is 0 Å². The van der Waals surface area contributed by atoms with Crippen LogP contribution in [0, 0.1) is 18.3 Å². The largest absolute Gasteiger partial charge is 0.356 e. The highest BCUT2D eigenvalue weighted by Crippen LogP contribution is 2.24. The number of hydrazine groups is 1. The van der Waals surface area contributed by atoms with E-state index in [9.17, 15) is 0 Å². The Labute approximate surface area is 108 Å². The summed E-state index contributed by atoms with van der Waals surface area (Å²) in [4.78, 5) is 10.8. The minimum absolute atomic E-state index is 0.0962. The molecule has 0 aliphatic rings. The molecule has 0 aliphatic carbocycles. The van der Waals surface area contributed by atoms with Gasteiger partial charge >= 0.3 is 0 Å². The van der Waals surface area contributed by atoms with E-state index in [0.717, 1.165) is 23.6 Å². The van der Waals surface area contributed by atoms with Crippen LogP contribution in [0.15, 0.2) is 0 Å². The lowest BCUT2D eigenvalue weighted by Crippen LogP contribution is -2.31. The first kappa shape index (κ1) is 14.2. The van der Waals surface area contributed by atoms with E-state index in [1.54, 1.807) is 0 Å². The number of nitrogens with two attached hydrogens (primary N) is 1. The monoisotopic (exact) mass is 248 g/mol. The molecule has 18 heavy (non-hydrogen) atoms. The first-order valence-corrected chi connectivity index (χ1v) is 5.99. The zero-order chi connectivity index (χ0) is 13.7. The van der Waals surface area contributed by atoms with Gasteiger partial charge in [0.05, 0.1) is 12.5 Å². The van der Waals surface area contributed by atoms with Crippen molar-refractivity contribution < 1.29 is 0 Å². The molecule has 0 aliphatic heterocycles. The lowest BCUT2D eigenvalue weighted by molar-refractivity contribution is 0.687. The van der Waals surface area contributed by atoms with Gasteiger partial charge in [-0.2, -0.15) is 5.26 Å². The summed E-state index contributed by atoms with van der Waals surface area (Å²) in [5.41, 5.74) is 3.48. The molecule has 1 unspecified atom stereocenters. The summed E-state index contributed by atoms with van der Waals surface area (Å²) in [5.74, 6) is 7.65. The molecule has 0 saturated heterocycles. The Hall–Kier alpha value is -1.87. The average molecular weight is 248 g/mol. The molecule has 98 valence electrons. The number of aromatic nitrogens is 2. The van der Waals surface area contributed by atoms with E-state index in [-0.39, 0.29) is 6.04 Å². The number of hydrogen-bond donors (Lipinski definition) is 2. The maximum absolute atomic E-state index is 8.76. The van der Waals surface area contributed by atoms with E-state index in [2.05, 4.69) is 21.5 Å². The van der Waals surface area contributed by atoms with Crippen LogP contribution >= 0.6 is 0 Å². The van der Waals surface area contributed by atoms with Gasteiger partial charge in [0.1, 0.15) is 17.5 Å². The Morgan fingerprint density at radius 3 is 2.67 bits per heavy atom. The van der Waals surface area contributed by atoms with Crippen LogP contribution in [0.25, 0.3) is 0 Å². The third-order valence-electron chi connectivity index (χ3n) is 3.00. The van der Waals surface area contributed by atoms with Crippen molar-refractivity contribution in [2.24, 2.45) is 5.84 Å². The van der Waals surface area contributed by atoms with Crippen molar-refractivity contribution in [2.45, 2.75) is 39.7 Å². The number of anilines is 2. The number of nitrogens with one attached hydrogen (secondary N) is 1. The van der Waals surface area contributed by atoms with Crippen LogP contribution in [-0.2, 0) is 6.42 Å². The summed E-state index contributed by atoms with van der Waals surface area (Å²) < 4.78 is 0. The minimum atomic E-state index is 0.0962. The molecule has 1 rings (SSSR count). The van der Waals surface area contributed by atoms with E-state index in [1.807, 2.05) is 32.7 Å².